The highest BCUT2D eigenvalue weighted by Gasteiger charge is 2.23. The lowest BCUT2D eigenvalue weighted by Gasteiger charge is -2.40. The Balaban J connectivity index is 2.29. The highest BCUT2D eigenvalue weighted by atomic mass is 19.1. The average molecular weight is 180 g/mol. The minimum Gasteiger partial charge on any atom is -0.399 e. The van der Waals surface area contributed by atoms with Crippen LogP contribution in [0.25, 0.3) is 0 Å². The van der Waals surface area contributed by atoms with Gasteiger partial charge in [0.2, 0.25) is 0 Å². The molecule has 0 bridgehead atoms. The summed E-state index contributed by atoms with van der Waals surface area (Å²) in [7, 11) is 0. The van der Waals surface area contributed by atoms with E-state index in [1.165, 1.54) is 18.6 Å². The lowest BCUT2D eigenvalue weighted by atomic mass is 10.0. The molecule has 2 rings (SSSR count). The SMILES string of the molecule is CC1CCN1c1cc(N)cc(F)c1. The van der Waals surface area contributed by atoms with Crippen molar-refractivity contribution in [1.29, 1.82) is 0 Å². The van der Waals surface area contributed by atoms with Gasteiger partial charge in [0.15, 0.2) is 0 Å². The Morgan fingerprint density at radius 1 is 1.46 bits per heavy atom. The fourth-order valence-electron chi connectivity index (χ4n) is 1.66. The minimum atomic E-state index is -0.255. The molecular formula is C10H13FN2. The van der Waals surface area contributed by atoms with Crippen LogP contribution in [0.4, 0.5) is 15.8 Å². The summed E-state index contributed by atoms with van der Waals surface area (Å²) in [5, 5.41) is 0. The lowest BCUT2D eigenvalue weighted by molar-refractivity contribution is 0.480. The van der Waals surface area contributed by atoms with Crippen molar-refractivity contribution in [2.45, 2.75) is 19.4 Å². The molecule has 0 saturated carbocycles. The van der Waals surface area contributed by atoms with Crippen molar-refractivity contribution in [3.05, 3.63) is 24.0 Å². The van der Waals surface area contributed by atoms with E-state index in [1.54, 1.807) is 0 Å². The van der Waals surface area contributed by atoms with E-state index in [1.807, 2.05) is 6.07 Å². The van der Waals surface area contributed by atoms with Gasteiger partial charge in [-0.05, 0) is 31.5 Å². The molecule has 1 aliphatic heterocycles. The molecule has 3 heteroatoms. The lowest BCUT2D eigenvalue weighted by Crippen LogP contribution is -2.45. The van der Waals surface area contributed by atoms with Crippen molar-refractivity contribution in [1.82, 2.24) is 0 Å². The van der Waals surface area contributed by atoms with E-state index in [9.17, 15) is 4.39 Å². The Bertz CT molecular complexity index is 304. The van der Waals surface area contributed by atoms with E-state index in [4.69, 9.17) is 5.73 Å². The van der Waals surface area contributed by atoms with Crippen molar-refractivity contribution in [3.63, 3.8) is 0 Å². The summed E-state index contributed by atoms with van der Waals surface area (Å²) in [5.74, 6) is -0.255. The molecule has 1 aromatic carbocycles. The third-order valence-electron chi connectivity index (χ3n) is 2.56. The second kappa shape index (κ2) is 2.91. The molecule has 2 N–H and O–H groups in total. The van der Waals surface area contributed by atoms with Gasteiger partial charge in [-0.1, -0.05) is 0 Å². The van der Waals surface area contributed by atoms with Gasteiger partial charge in [0.05, 0.1) is 0 Å². The average Bonchev–Trinajstić information content (AvgIpc) is 1.99. The number of nitrogen functional groups attached to an aromatic ring is 1. The van der Waals surface area contributed by atoms with Gasteiger partial charge in [0, 0.05) is 24.0 Å². The van der Waals surface area contributed by atoms with Crippen LogP contribution in [-0.4, -0.2) is 12.6 Å². The summed E-state index contributed by atoms with van der Waals surface area (Å²) in [6.45, 7) is 3.13. The zero-order valence-electron chi connectivity index (χ0n) is 7.63. The molecule has 0 spiro atoms. The van der Waals surface area contributed by atoms with Gasteiger partial charge in [-0.15, -0.1) is 0 Å². The standard InChI is InChI=1S/C10H13FN2/c1-7-2-3-13(7)10-5-8(11)4-9(12)6-10/h4-7H,2-3,12H2,1H3. The molecule has 1 aromatic rings. The van der Waals surface area contributed by atoms with Gasteiger partial charge >= 0.3 is 0 Å². The van der Waals surface area contributed by atoms with E-state index in [0.717, 1.165) is 12.2 Å². The molecule has 1 aliphatic rings. The topological polar surface area (TPSA) is 29.3 Å². The van der Waals surface area contributed by atoms with Crippen molar-refractivity contribution < 1.29 is 4.39 Å². The van der Waals surface area contributed by atoms with Crippen molar-refractivity contribution in [3.8, 4) is 0 Å². The van der Waals surface area contributed by atoms with E-state index in [0.29, 0.717) is 11.7 Å². The van der Waals surface area contributed by atoms with Crippen molar-refractivity contribution in [2.24, 2.45) is 0 Å². The summed E-state index contributed by atoms with van der Waals surface area (Å²) < 4.78 is 13.0. The van der Waals surface area contributed by atoms with Crippen LogP contribution < -0.4 is 10.6 Å². The summed E-state index contributed by atoms with van der Waals surface area (Å²) in [6, 6.07) is 5.21. The Morgan fingerprint density at radius 2 is 2.23 bits per heavy atom. The second-order valence-electron chi connectivity index (χ2n) is 3.57. The number of halogens is 1. The predicted octanol–water partition coefficient (Wildman–Crippen LogP) is 2.01. The van der Waals surface area contributed by atoms with Gasteiger partial charge in [0.25, 0.3) is 0 Å². The molecule has 70 valence electrons. The first-order valence-electron chi connectivity index (χ1n) is 4.49. The smallest absolute Gasteiger partial charge is 0.127 e. The van der Waals surface area contributed by atoms with Crippen LogP contribution in [0, 0.1) is 5.82 Å². The summed E-state index contributed by atoms with van der Waals surface area (Å²) in [4.78, 5) is 2.15. The summed E-state index contributed by atoms with van der Waals surface area (Å²) in [5.41, 5.74) is 6.95. The van der Waals surface area contributed by atoms with Crippen LogP contribution in [0.2, 0.25) is 0 Å². The Hall–Kier alpha value is -1.25. The number of nitrogens with two attached hydrogens (primary N) is 1. The van der Waals surface area contributed by atoms with Crippen LogP contribution >= 0.6 is 0 Å². The van der Waals surface area contributed by atoms with Crippen LogP contribution in [0.1, 0.15) is 13.3 Å². The largest absolute Gasteiger partial charge is 0.399 e. The third kappa shape index (κ3) is 1.46. The number of hydrogen-bond donors (Lipinski definition) is 1. The molecule has 2 nitrogen and oxygen atoms in total. The number of nitrogens with zero attached hydrogens (tertiary/aromatic N) is 1. The van der Waals surface area contributed by atoms with E-state index >= 15 is 0 Å². The Morgan fingerprint density at radius 3 is 2.69 bits per heavy atom. The quantitative estimate of drug-likeness (QED) is 0.670. The number of benzene rings is 1. The van der Waals surface area contributed by atoms with E-state index in [-0.39, 0.29) is 5.82 Å². The van der Waals surface area contributed by atoms with Crippen LogP contribution in [-0.2, 0) is 0 Å². The zero-order valence-corrected chi connectivity index (χ0v) is 7.63. The van der Waals surface area contributed by atoms with Gasteiger partial charge in [-0.2, -0.15) is 0 Å². The maximum absolute atomic E-state index is 13.0. The van der Waals surface area contributed by atoms with Crippen LogP contribution in [0.15, 0.2) is 18.2 Å². The molecule has 1 unspecified atom stereocenters. The fraction of sp³-hybridized carbons (Fsp3) is 0.400. The highest BCUT2D eigenvalue weighted by Crippen LogP contribution is 2.28. The van der Waals surface area contributed by atoms with Crippen LogP contribution in [0.5, 0.6) is 0 Å². The number of anilines is 2. The molecule has 0 amide bonds. The molecule has 0 radical (unpaired) electrons. The maximum atomic E-state index is 13.0. The van der Waals surface area contributed by atoms with Crippen molar-refractivity contribution >= 4 is 11.4 Å². The predicted molar refractivity (Wildman–Crippen MR) is 52.2 cm³/mol. The normalized spacial score (nSPS) is 21.4. The molecule has 0 aromatic heterocycles. The molecule has 1 heterocycles. The van der Waals surface area contributed by atoms with Gasteiger partial charge in [-0.3, -0.25) is 0 Å². The van der Waals surface area contributed by atoms with Gasteiger partial charge in [0.1, 0.15) is 5.82 Å². The molecular weight excluding hydrogens is 167 g/mol. The number of rotatable bonds is 1. The summed E-state index contributed by atoms with van der Waals surface area (Å²) >= 11 is 0. The molecule has 1 saturated heterocycles. The van der Waals surface area contributed by atoms with Crippen LogP contribution in [0.3, 0.4) is 0 Å². The molecule has 13 heavy (non-hydrogen) atoms. The summed E-state index contributed by atoms with van der Waals surface area (Å²) in [6.07, 6.45) is 1.18. The molecule has 1 fully saturated rings. The number of hydrogen-bond acceptors (Lipinski definition) is 2. The monoisotopic (exact) mass is 180 g/mol. The first-order valence-corrected chi connectivity index (χ1v) is 4.49. The second-order valence-corrected chi connectivity index (χ2v) is 3.57. The molecule has 0 aliphatic carbocycles. The first-order chi connectivity index (χ1) is 6.16. The first kappa shape index (κ1) is 8.35. The van der Waals surface area contributed by atoms with Gasteiger partial charge in [-0.25, -0.2) is 4.39 Å². The van der Waals surface area contributed by atoms with E-state index in [2.05, 4.69) is 11.8 Å². The third-order valence-corrected chi connectivity index (χ3v) is 2.56. The van der Waals surface area contributed by atoms with Gasteiger partial charge < -0.3 is 10.6 Å². The zero-order chi connectivity index (χ0) is 9.42. The van der Waals surface area contributed by atoms with Crippen molar-refractivity contribution in [2.75, 3.05) is 17.2 Å². The van der Waals surface area contributed by atoms with E-state index < -0.39 is 0 Å². The highest BCUT2D eigenvalue weighted by molar-refractivity contribution is 5.58. The minimum absolute atomic E-state index is 0.255. The maximum Gasteiger partial charge on any atom is 0.127 e. The fourth-order valence-corrected chi connectivity index (χ4v) is 1.66. The Labute approximate surface area is 77.2 Å². The molecule has 1 atom stereocenters. The Kier molecular flexibility index (Phi) is 1.87.